The Kier molecular flexibility index (Phi) is 9.61. The molecular formula is C18H18Br4O4S. The molecule has 0 heterocycles. The van der Waals surface area contributed by atoms with Crippen molar-refractivity contribution in [3.05, 3.63) is 45.3 Å². The van der Waals surface area contributed by atoms with Gasteiger partial charge in [0.2, 0.25) is 9.84 Å². The van der Waals surface area contributed by atoms with Crippen molar-refractivity contribution < 1.29 is 17.9 Å². The van der Waals surface area contributed by atoms with Gasteiger partial charge in [0.25, 0.3) is 0 Å². The summed E-state index contributed by atoms with van der Waals surface area (Å²) in [5.74, 6) is 0.649. The zero-order chi connectivity index (χ0) is 19.9. The predicted octanol–water partition coefficient (Wildman–Crippen LogP) is 6.37. The van der Waals surface area contributed by atoms with Crippen LogP contribution < -0.4 is 9.47 Å². The summed E-state index contributed by atoms with van der Waals surface area (Å²) in [6.45, 7) is 0.838. The number of sulfone groups is 1. The third kappa shape index (κ3) is 6.45. The maximum Gasteiger partial charge on any atom is 0.213 e. The molecule has 0 saturated heterocycles. The minimum Gasteiger partial charge on any atom is -0.492 e. The van der Waals surface area contributed by atoms with Crippen molar-refractivity contribution >= 4 is 73.6 Å². The molecule has 0 bridgehead atoms. The van der Waals surface area contributed by atoms with E-state index in [1.54, 1.807) is 36.4 Å². The van der Waals surface area contributed by atoms with Crippen LogP contribution in [0, 0.1) is 0 Å². The number of alkyl halides is 2. The molecule has 4 nitrogen and oxygen atoms in total. The van der Waals surface area contributed by atoms with Crippen molar-refractivity contribution in [2.75, 3.05) is 23.9 Å². The Hall–Kier alpha value is -0.0900. The predicted molar refractivity (Wildman–Crippen MR) is 122 cm³/mol. The summed E-state index contributed by atoms with van der Waals surface area (Å²) in [4.78, 5) is 0.213. The van der Waals surface area contributed by atoms with Crippen LogP contribution in [0.4, 0.5) is 0 Å². The molecule has 0 aliphatic rings. The van der Waals surface area contributed by atoms with Crippen molar-refractivity contribution in [2.45, 2.75) is 22.6 Å². The first-order valence-electron chi connectivity index (χ1n) is 8.12. The summed E-state index contributed by atoms with van der Waals surface area (Å²) >= 11 is 13.4. The molecule has 0 aliphatic carbocycles. The van der Waals surface area contributed by atoms with Crippen molar-refractivity contribution in [1.29, 1.82) is 0 Å². The summed E-state index contributed by atoms with van der Waals surface area (Å²) in [6.07, 6.45) is 1.54. The number of hydrogen-bond donors (Lipinski definition) is 0. The van der Waals surface area contributed by atoms with E-state index in [1.165, 1.54) is 0 Å². The summed E-state index contributed by atoms with van der Waals surface area (Å²) < 4.78 is 39.6. The van der Waals surface area contributed by atoms with Gasteiger partial charge in [-0.1, -0.05) is 63.7 Å². The molecule has 2 aromatic carbocycles. The van der Waals surface area contributed by atoms with Gasteiger partial charge in [-0.2, -0.15) is 0 Å². The topological polar surface area (TPSA) is 52.6 Å². The molecule has 9 heteroatoms. The molecule has 0 saturated carbocycles. The SMILES string of the molecule is O=S(=O)(c1cc(Br)ccc1OCCCBr)c1cc(Br)ccc1OCCCBr. The van der Waals surface area contributed by atoms with Gasteiger partial charge in [-0.05, 0) is 49.2 Å². The van der Waals surface area contributed by atoms with Crippen LogP contribution in [0.2, 0.25) is 0 Å². The number of rotatable bonds is 10. The molecule has 2 aromatic rings. The Bertz CT molecular complexity index is 806. The van der Waals surface area contributed by atoms with Gasteiger partial charge in [-0.15, -0.1) is 0 Å². The normalized spacial score (nSPS) is 11.4. The number of hydrogen-bond acceptors (Lipinski definition) is 4. The molecule has 0 aliphatic heterocycles. The highest BCUT2D eigenvalue weighted by molar-refractivity contribution is 9.11. The molecule has 27 heavy (non-hydrogen) atoms. The molecule has 2 rings (SSSR count). The van der Waals surface area contributed by atoms with Crippen molar-refractivity contribution in [3.8, 4) is 11.5 Å². The van der Waals surface area contributed by atoms with Crippen LogP contribution in [0.15, 0.2) is 55.1 Å². The van der Waals surface area contributed by atoms with Crippen LogP contribution in [-0.2, 0) is 9.84 Å². The number of benzene rings is 2. The maximum absolute atomic E-state index is 13.4. The van der Waals surface area contributed by atoms with Gasteiger partial charge >= 0.3 is 0 Å². The highest BCUT2D eigenvalue weighted by Crippen LogP contribution is 2.37. The summed E-state index contributed by atoms with van der Waals surface area (Å²) in [7, 11) is -3.85. The number of halogens is 4. The minimum absolute atomic E-state index is 0.106. The van der Waals surface area contributed by atoms with Crippen LogP contribution >= 0.6 is 63.7 Å². The van der Waals surface area contributed by atoms with Gasteiger partial charge in [-0.25, -0.2) is 8.42 Å². The van der Waals surface area contributed by atoms with Crippen LogP contribution in [0.5, 0.6) is 11.5 Å². The van der Waals surface area contributed by atoms with E-state index in [2.05, 4.69) is 63.7 Å². The van der Waals surface area contributed by atoms with E-state index in [9.17, 15) is 8.42 Å². The smallest absolute Gasteiger partial charge is 0.213 e. The van der Waals surface area contributed by atoms with E-state index >= 15 is 0 Å². The Labute approximate surface area is 193 Å². The standard InChI is InChI=1S/C18H18Br4O4S/c19-7-1-9-25-15-5-3-13(21)11-17(15)27(23,24)18-12-14(22)4-6-16(18)26-10-2-8-20/h3-6,11-12H,1-2,7-10H2. The van der Waals surface area contributed by atoms with Gasteiger partial charge in [0.1, 0.15) is 21.3 Å². The van der Waals surface area contributed by atoms with Gasteiger partial charge in [0.15, 0.2) is 0 Å². The minimum atomic E-state index is -3.85. The van der Waals surface area contributed by atoms with E-state index in [1.807, 2.05) is 0 Å². The second kappa shape index (κ2) is 11.2. The fourth-order valence-corrected chi connectivity index (χ4v) is 5.28. The Morgan fingerprint density at radius 1 is 0.741 bits per heavy atom. The van der Waals surface area contributed by atoms with Crippen molar-refractivity contribution in [1.82, 2.24) is 0 Å². The zero-order valence-electron chi connectivity index (χ0n) is 14.3. The Morgan fingerprint density at radius 2 is 1.15 bits per heavy atom. The van der Waals surface area contributed by atoms with E-state index in [0.717, 1.165) is 23.5 Å². The zero-order valence-corrected chi connectivity index (χ0v) is 21.4. The second-order valence-corrected chi connectivity index (χ2v) is 10.8. The van der Waals surface area contributed by atoms with E-state index in [0.29, 0.717) is 33.7 Å². The first kappa shape index (κ1) is 23.2. The molecular weight excluding hydrogens is 632 g/mol. The fraction of sp³-hybridized carbons (Fsp3) is 0.333. The van der Waals surface area contributed by atoms with E-state index in [-0.39, 0.29) is 9.79 Å². The highest BCUT2D eigenvalue weighted by atomic mass is 79.9. The van der Waals surface area contributed by atoms with Crippen molar-refractivity contribution in [3.63, 3.8) is 0 Å². The first-order chi connectivity index (χ1) is 12.9. The molecule has 0 amide bonds. The van der Waals surface area contributed by atoms with Crippen molar-refractivity contribution in [2.24, 2.45) is 0 Å². The van der Waals surface area contributed by atoms with E-state index in [4.69, 9.17) is 9.47 Å². The first-order valence-corrected chi connectivity index (χ1v) is 13.4. The molecule has 0 radical (unpaired) electrons. The second-order valence-electron chi connectivity index (χ2n) is 5.47. The Balaban J connectivity index is 2.49. The quantitative estimate of drug-likeness (QED) is 0.222. The molecule has 0 N–H and O–H groups in total. The van der Waals surface area contributed by atoms with Gasteiger partial charge in [0, 0.05) is 19.6 Å². The van der Waals surface area contributed by atoms with Crippen LogP contribution in [0.3, 0.4) is 0 Å². The lowest BCUT2D eigenvalue weighted by Crippen LogP contribution is -2.09. The average molecular weight is 650 g/mol. The summed E-state index contributed by atoms with van der Waals surface area (Å²) in [6, 6.07) is 9.96. The molecule has 148 valence electrons. The largest absolute Gasteiger partial charge is 0.492 e. The van der Waals surface area contributed by atoms with Crippen LogP contribution in [-0.4, -0.2) is 32.3 Å². The molecule has 0 spiro atoms. The lowest BCUT2D eigenvalue weighted by atomic mass is 10.3. The van der Waals surface area contributed by atoms with Crippen LogP contribution in [0.25, 0.3) is 0 Å². The monoisotopic (exact) mass is 646 g/mol. The molecule has 0 fully saturated rings. The van der Waals surface area contributed by atoms with Gasteiger partial charge in [-0.3, -0.25) is 0 Å². The summed E-state index contributed by atoms with van der Waals surface area (Å²) in [5, 5.41) is 1.56. The lowest BCUT2D eigenvalue weighted by molar-refractivity contribution is 0.308. The highest BCUT2D eigenvalue weighted by Gasteiger charge is 2.27. The van der Waals surface area contributed by atoms with Crippen LogP contribution in [0.1, 0.15) is 12.8 Å². The third-order valence-electron chi connectivity index (χ3n) is 3.46. The fourth-order valence-electron chi connectivity index (χ4n) is 2.21. The average Bonchev–Trinajstić information content (AvgIpc) is 2.64. The van der Waals surface area contributed by atoms with Gasteiger partial charge in [0.05, 0.1) is 13.2 Å². The van der Waals surface area contributed by atoms with Gasteiger partial charge < -0.3 is 9.47 Å². The molecule has 0 aromatic heterocycles. The van der Waals surface area contributed by atoms with E-state index < -0.39 is 9.84 Å². The third-order valence-corrected chi connectivity index (χ3v) is 7.37. The molecule has 0 atom stereocenters. The summed E-state index contributed by atoms with van der Waals surface area (Å²) in [5.41, 5.74) is 0. The number of ether oxygens (including phenoxy) is 2. The Morgan fingerprint density at radius 3 is 1.52 bits per heavy atom. The molecule has 0 unspecified atom stereocenters. The maximum atomic E-state index is 13.4. The lowest BCUT2D eigenvalue weighted by Gasteiger charge is -2.15.